The van der Waals surface area contributed by atoms with Crippen LogP contribution in [0.15, 0.2) is 18.2 Å². The van der Waals surface area contributed by atoms with Crippen molar-refractivity contribution in [3.63, 3.8) is 0 Å². The maximum Gasteiger partial charge on any atom is 0.142 e. The first-order chi connectivity index (χ1) is 6.20. The molecule has 70 valence electrons. The number of nitrogens with two attached hydrogens (primary N) is 1. The molecule has 0 aliphatic carbocycles. The van der Waals surface area contributed by atoms with Crippen LogP contribution < -0.4 is 10.5 Å². The van der Waals surface area contributed by atoms with Crippen molar-refractivity contribution in [3.8, 4) is 5.75 Å². The first kappa shape index (κ1) is 9.58. The van der Waals surface area contributed by atoms with E-state index in [0.29, 0.717) is 11.4 Å². The van der Waals surface area contributed by atoms with Gasteiger partial charge in [-0.2, -0.15) is 0 Å². The Morgan fingerprint density at radius 1 is 1.54 bits per heavy atom. The fraction of sp³-hybridized carbons (Fsp3) is 0.300. The SMILES string of the molecule is COc1cccc(C(C)C=O)c1N. The van der Waals surface area contributed by atoms with Crippen molar-refractivity contribution in [2.45, 2.75) is 12.8 Å². The molecule has 1 aromatic rings. The molecule has 0 heterocycles. The highest BCUT2D eigenvalue weighted by molar-refractivity contribution is 5.70. The van der Waals surface area contributed by atoms with Gasteiger partial charge in [-0.1, -0.05) is 19.1 Å². The molecule has 1 rings (SSSR count). The second-order valence-corrected chi connectivity index (χ2v) is 2.89. The van der Waals surface area contributed by atoms with E-state index in [-0.39, 0.29) is 5.92 Å². The monoisotopic (exact) mass is 179 g/mol. The third kappa shape index (κ3) is 1.80. The third-order valence-corrected chi connectivity index (χ3v) is 2.01. The first-order valence-electron chi connectivity index (χ1n) is 4.08. The van der Waals surface area contributed by atoms with Crippen LogP contribution in [0.2, 0.25) is 0 Å². The van der Waals surface area contributed by atoms with E-state index < -0.39 is 0 Å². The zero-order chi connectivity index (χ0) is 9.84. The number of para-hydroxylation sites is 1. The van der Waals surface area contributed by atoms with E-state index in [1.807, 2.05) is 12.1 Å². The van der Waals surface area contributed by atoms with Gasteiger partial charge in [0.15, 0.2) is 0 Å². The van der Waals surface area contributed by atoms with Crippen molar-refractivity contribution in [1.29, 1.82) is 0 Å². The number of nitrogen functional groups attached to an aromatic ring is 1. The number of rotatable bonds is 3. The van der Waals surface area contributed by atoms with E-state index in [1.165, 1.54) is 0 Å². The first-order valence-corrected chi connectivity index (χ1v) is 4.08. The summed E-state index contributed by atoms with van der Waals surface area (Å²) < 4.78 is 5.04. The molecule has 0 aliphatic rings. The van der Waals surface area contributed by atoms with E-state index >= 15 is 0 Å². The fourth-order valence-corrected chi connectivity index (χ4v) is 1.21. The molecule has 3 nitrogen and oxygen atoms in total. The number of carbonyl (C=O) groups excluding carboxylic acids is 1. The lowest BCUT2D eigenvalue weighted by Crippen LogP contribution is -2.02. The van der Waals surface area contributed by atoms with E-state index in [4.69, 9.17) is 10.5 Å². The van der Waals surface area contributed by atoms with Gasteiger partial charge in [0.1, 0.15) is 12.0 Å². The summed E-state index contributed by atoms with van der Waals surface area (Å²) in [4.78, 5) is 10.6. The molecule has 3 heteroatoms. The molecule has 0 aliphatic heterocycles. The van der Waals surface area contributed by atoms with Crippen LogP contribution in [0.1, 0.15) is 18.4 Å². The summed E-state index contributed by atoms with van der Waals surface area (Å²) >= 11 is 0. The lowest BCUT2D eigenvalue weighted by atomic mass is 10.0. The van der Waals surface area contributed by atoms with Crippen LogP contribution in [0.25, 0.3) is 0 Å². The van der Waals surface area contributed by atoms with Gasteiger partial charge < -0.3 is 15.3 Å². The molecule has 2 N–H and O–H groups in total. The Morgan fingerprint density at radius 2 is 2.23 bits per heavy atom. The van der Waals surface area contributed by atoms with Crippen molar-refractivity contribution in [3.05, 3.63) is 23.8 Å². The van der Waals surface area contributed by atoms with Gasteiger partial charge in [-0.05, 0) is 11.6 Å². The minimum Gasteiger partial charge on any atom is -0.495 e. The Labute approximate surface area is 77.5 Å². The van der Waals surface area contributed by atoms with Gasteiger partial charge in [0.2, 0.25) is 0 Å². The molecule has 0 spiro atoms. The highest BCUT2D eigenvalue weighted by Gasteiger charge is 2.10. The Morgan fingerprint density at radius 3 is 2.77 bits per heavy atom. The highest BCUT2D eigenvalue weighted by Crippen LogP contribution is 2.29. The summed E-state index contributed by atoms with van der Waals surface area (Å²) in [5, 5.41) is 0. The number of benzene rings is 1. The molecule has 1 atom stereocenters. The van der Waals surface area contributed by atoms with Crippen LogP contribution >= 0.6 is 0 Å². The van der Waals surface area contributed by atoms with Crippen LogP contribution in [0, 0.1) is 0 Å². The van der Waals surface area contributed by atoms with Crippen LogP contribution in [0.5, 0.6) is 5.75 Å². The van der Waals surface area contributed by atoms with Gasteiger partial charge in [0, 0.05) is 5.92 Å². The average molecular weight is 179 g/mol. The smallest absolute Gasteiger partial charge is 0.142 e. The third-order valence-electron chi connectivity index (χ3n) is 2.01. The molecule has 0 bridgehead atoms. The summed E-state index contributed by atoms with van der Waals surface area (Å²) in [6.45, 7) is 1.80. The predicted molar refractivity (Wildman–Crippen MR) is 51.9 cm³/mol. The Kier molecular flexibility index (Phi) is 2.90. The second-order valence-electron chi connectivity index (χ2n) is 2.89. The van der Waals surface area contributed by atoms with E-state index in [1.54, 1.807) is 20.1 Å². The molecule has 13 heavy (non-hydrogen) atoms. The van der Waals surface area contributed by atoms with Crippen molar-refractivity contribution in [2.24, 2.45) is 0 Å². The predicted octanol–water partition coefficient (Wildman–Crippen LogP) is 1.58. The van der Waals surface area contributed by atoms with E-state index in [0.717, 1.165) is 11.8 Å². The van der Waals surface area contributed by atoms with Crippen molar-refractivity contribution in [1.82, 2.24) is 0 Å². The maximum absolute atomic E-state index is 10.6. The number of hydrogen-bond donors (Lipinski definition) is 1. The molecular formula is C10H13NO2. The standard InChI is InChI=1S/C10H13NO2/c1-7(6-12)8-4-3-5-9(13-2)10(8)11/h3-7H,11H2,1-2H3. The zero-order valence-electron chi connectivity index (χ0n) is 7.78. The Hall–Kier alpha value is -1.51. The van der Waals surface area contributed by atoms with Gasteiger partial charge in [0.05, 0.1) is 12.8 Å². The van der Waals surface area contributed by atoms with Crippen LogP contribution in [0.4, 0.5) is 5.69 Å². The molecule has 0 saturated heterocycles. The number of aldehydes is 1. The molecule has 0 saturated carbocycles. The van der Waals surface area contributed by atoms with Gasteiger partial charge in [0.25, 0.3) is 0 Å². The molecule has 0 radical (unpaired) electrons. The topological polar surface area (TPSA) is 52.3 Å². The molecule has 1 unspecified atom stereocenters. The minimum absolute atomic E-state index is 0.185. The molecule has 0 aromatic heterocycles. The lowest BCUT2D eigenvalue weighted by Gasteiger charge is -2.11. The normalized spacial score (nSPS) is 12.2. The Balaban J connectivity index is 3.14. The van der Waals surface area contributed by atoms with Crippen molar-refractivity contribution < 1.29 is 9.53 Å². The Bertz CT molecular complexity index is 310. The van der Waals surface area contributed by atoms with E-state index in [2.05, 4.69) is 0 Å². The summed E-state index contributed by atoms with van der Waals surface area (Å²) in [6, 6.07) is 5.43. The highest BCUT2D eigenvalue weighted by atomic mass is 16.5. The van der Waals surface area contributed by atoms with Crippen LogP contribution in [0.3, 0.4) is 0 Å². The van der Waals surface area contributed by atoms with Crippen molar-refractivity contribution >= 4 is 12.0 Å². The van der Waals surface area contributed by atoms with Crippen molar-refractivity contribution in [2.75, 3.05) is 12.8 Å². The van der Waals surface area contributed by atoms with Gasteiger partial charge in [-0.15, -0.1) is 0 Å². The largest absolute Gasteiger partial charge is 0.495 e. The van der Waals surface area contributed by atoms with Crippen LogP contribution in [-0.2, 0) is 4.79 Å². The minimum atomic E-state index is -0.185. The quantitative estimate of drug-likeness (QED) is 0.566. The molecular weight excluding hydrogens is 166 g/mol. The summed E-state index contributed by atoms with van der Waals surface area (Å²) in [6.07, 6.45) is 0.866. The number of hydrogen-bond acceptors (Lipinski definition) is 3. The number of carbonyl (C=O) groups is 1. The number of methoxy groups -OCH3 is 1. The van der Waals surface area contributed by atoms with Gasteiger partial charge >= 0.3 is 0 Å². The maximum atomic E-state index is 10.6. The number of ether oxygens (including phenoxy) is 1. The average Bonchev–Trinajstić information content (AvgIpc) is 2.17. The molecule has 0 fully saturated rings. The summed E-state index contributed by atoms with van der Waals surface area (Å²) in [5.74, 6) is 0.432. The number of anilines is 1. The fourth-order valence-electron chi connectivity index (χ4n) is 1.21. The van der Waals surface area contributed by atoms with E-state index in [9.17, 15) is 4.79 Å². The molecule has 1 aromatic carbocycles. The van der Waals surface area contributed by atoms with Gasteiger partial charge in [-0.3, -0.25) is 0 Å². The lowest BCUT2D eigenvalue weighted by molar-refractivity contribution is -0.108. The van der Waals surface area contributed by atoms with Crippen LogP contribution in [-0.4, -0.2) is 13.4 Å². The zero-order valence-corrected chi connectivity index (χ0v) is 7.78. The van der Waals surface area contributed by atoms with Gasteiger partial charge in [-0.25, -0.2) is 0 Å². The summed E-state index contributed by atoms with van der Waals surface area (Å²) in [7, 11) is 1.56. The second kappa shape index (κ2) is 3.94. The molecule has 0 amide bonds. The summed E-state index contributed by atoms with van der Waals surface area (Å²) in [5.41, 5.74) is 7.15.